The maximum absolute atomic E-state index is 13.2. The lowest BCUT2D eigenvalue weighted by Crippen LogP contribution is -2.29. The molecule has 1 aliphatic heterocycles. The molecule has 1 amide bonds. The fourth-order valence-electron chi connectivity index (χ4n) is 2.99. The van der Waals surface area contributed by atoms with Crippen molar-refractivity contribution in [2.45, 2.75) is 0 Å². The Hall–Kier alpha value is -2.58. The number of hydrogen-bond acceptors (Lipinski definition) is 5. The highest BCUT2D eigenvalue weighted by atomic mass is 79.9. The molecule has 31 heavy (non-hydrogen) atoms. The Kier molecular flexibility index (Phi) is 7.92. The maximum atomic E-state index is 13.2. The topological polar surface area (TPSA) is 54.4 Å². The number of amides is 1. The van der Waals surface area contributed by atoms with Crippen LogP contribution >= 0.6 is 31.9 Å². The van der Waals surface area contributed by atoms with E-state index in [1.165, 1.54) is 6.40 Å². The van der Waals surface area contributed by atoms with Crippen LogP contribution in [0.2, 0.25) is 0 Å². The third-order valence-corrected chi connectivity index (χ3v) is 5.82. The minimum atomic E-state index is -0.150. The molecule has 1 aliphatic rings. The number of halogens is 2. The van der Waals surface area contributed by atoms with Crippen molar-refractivity contribution < 1.29 is 14.3 Å². The van der Waals surface area contributed by atoms with Gasteiger partial charge in [0.2, 0.25) is 0 Å². The highest BCUT2D eigenvalue weighted by Gasteiger charge is 2.18. The number of ether oxygens (including phenoxy) is 2. The second kappa shape index (κ2) is 10.6. The lowest BCUT2D eigenvalue weighted by Gasteiger charge is -2.20. The van der Waals surface area contributed by atoms with Gasteiger partial charge in [0.05, 0.1) is 22.6 Å². The van der Waals surface area contributed by atoms with Crippen LogP contribution in [-0.4, -0.2) is 51.6 Å². The summed E-state index contributed by atoms with van der Waals surface area (Å²) in [6.45, 7) is 0.713. The van der Waals surface area contributed by atoms with Crippen LogP contribution in [0, 0.1) is 0 Å². The molecule has 0 spiro atoms. The van der Waals surface area contributed by atoms with Gasteiger partial charge in [0.25, 0.3) is 5.91 Å². The number of methoxy groups -OCH3 is 1. The SMILES string of the molecule is COc1c(Br)cc(C(=O)N2/C=C/C(c3cccc(N(C)C)c3)=C\N=COCC2)cc1Br. The number of rotatable bonds is 4. The van der Waals surface area contributed by atoms with Crippen molar-refractivity contribution in [2.75, 3.05) is 39.3 Å². The van der Waals surface area contributed by atoms with Gasteiger partial charge in [-0.3, -0.25) is 4.79 Å². The summed E-state index contributed by atoms with van der Waals surface area (Å²) in [7, 11) is 5.57. The molecule has 0 bridgehead atoms. The molecule has 6 nitrogen and oxygen atoms in total. The Labute approximate surface area is 199 Å². The van der Waals surface area contributed by atoms with Gasteiger partial charge >= 0.3 is 0 Å². The van der Waals surface area contributed by atoms with Crippen molar-refractivity contribution in [3.8, 4) is 5.75 Å². The first-order chi connectivity index (χ1) is 14.9. The highest BCUT2D eigenvalue weighted by Crippen LogP contribution is 2.34. The van der Waals surface area contributed by atoms with Gasteiger partial charge in [-0.15, -0.1) is 0 Å². The molecule has 2 aromatic carbocycles. The summed E-state index contributed by atoms with van der Waals surface area (Å²) in [6.07, 6.45) is 6.79. The fraction of sp³-hybridized carbons (Fsp3) is 0.217. The third-order valence-electron chi connectivity index (χ3n) is 4.64. The maximum Gasteiger partial charge on any atom is 0.258 e. The molecule has 0 saturated carbocycles. The van der Waals surface area contributed by atoms with E-state index in [1.54, 1.807) is 36.5 Å². The summed E-state index contributed by atoms with van der Waals surface area (Å²) in [6, 6.07) is 11.6. The Morgan fingerprint density at radius 1 is 1.19 bits per heavy atom. The van der Waals surface area contributed by atoms with Crippen molar-refractivity contribution in [2.24, 2.45) is 4.99 Å². The summed E-state index contributed by atoms with van der Waals surface area (Å²) in [5.41, 5.74) is 3.45. The summed E-state index contributed by atoms with van der Waals surface area (Å²) in [4.78, 5) is 21.1. The molecule has 2 aromatic rings. The first-order valence-electron chi connectivity index (χ1n) is 9.54. The monoisotopic (exact) mass is 547 g/mol. The lowest BCUT2D eigenvalue weighted by molar-refractivity contribution is 0.0802. The van der Waals surface area contributed by atoms with Gasteiger partial charge in [-0.05, 0) is 67.8 Å². The van der Waals surface area contributed by atoms with Crippen LogP contribution in [0.5, 0.6) is 5.75 Å². The minimum absolute atomic E-state index is 0.150. The van der Waals surface area contributed by atoms with Gasteiger partial charge in [0, 0.05) is 43.3 Å². The molecule has 0 N–H and O–H groups in total. The summed E-state index contributed by atoms with van der Waals surface area (Å²) < 4.78 is 12.2. The van der Waals surface area contributed by atoms with Crippen molar-refractivity contribution in [3.05, 3.63) is 74.9 Å². The van der Waals surface area contributed by atoms with Crippen LogP contribution in [0.4, 0.5) is 5.69 Å². The molecule has 0 aliphatic carbocycles. The van der Waals surface area contributed by atoms with Crippen LogP contribution in [0.15, 0.2) is 68.8 Å². The van der Waals surface area contributed by atoms with E-state index >= 15 is 0 Å². The van der Waals surface area contributed by atoms with E-state index in [2.05, 4.69) is 42.9 Å². The molecule has 8 heteroatoms. The summed E-state index contributed by atoms with van der Waals surface area (Å²) in [5, 5.41) is 0. The molecule has 3 rings (SSSR count). The smallest absolute Gasteiger partial charge is 0.258 e. The molecule has 0 radical (unpaired) electrons. The van der Waals surface area contributed by atoms with E-state index in [0.717, 1.165) is 16.8 Å². The number of hydrogen-bond donors (Lipinski definition) is 0. The molecule has 0 unspecified atom stereocenters. The van der Waals surface area contributed by atoms with Gasteiger partial charge in [-0.2, -0.15) is 0 Å². The molecule has 1 heterocycles. The predicted octanol–water partition coefficient (Wildman–Crippen LogP) is 5.34. The second-order valence-corrected chi connectivity index (χ2v) is 8.65. The standard InChI is InChI=1S/C23H23Br2N3O3/c1-27(2)19-6-4-5-16(11-19)17-7-8-28(9-10-31-15-26-14-17)23(29)18-12-20(24)22(30-3)21(25)13-18/h4-8,11-15H,9-10H2,1-3H3/b8-7+,17-14+,26-15?. The number of anilines is 1. The Morgan fingerprint density at radius 2 is 1.94 bits per heavy atom. The molecule has 0 atom stereocenters. The van der Waals surface area contributed by atoms with Gasteiger partial charge in [0.1, 0.15) is 12.4 Å². The zero-order valence-electron chi connectivity index (χ0n) is 17.5. The van der Waals surface area contributed by atoms with Crippen LogP contribution in [0.3, 0.4) is 0 Å². The van der Waals surface area contributed by atoms with E-state index in [1.807, 2.05) is 43.3 Å². The number of allylic oxidation sites excluding steroid dienone is 2. The van der Waals surface area contributed by atoms with Crippen molar-refractivity contribution >= 4 is 55.4 Å². The number of carbonyl (C=O) groups is 1. The summed E-state index contributed by atoms with van der Waals surface area (Å²) >= 11 is 6.92. The Morgan fingerprint density at radius 3 is 2.61 bits per heavy atom. The largest absolute Gasteiger partial charge is 0.494 e. The molecule has 0 aromatic heterocycles. The number of nitrogens with zero attached hydrogens (tertiary/aromatic N) is 3. The first kappa shape index (κ1) is 23.1. The van der Waals surface area contributed by atoms with E-state index < -0.39 is 0 Å². The average Bonchev–Trinajstić information content (AvgIpc) is 2.76. The first-order valence-corrected chi connectivity index (χ1v) is 11.1. The van der Waals surface area contributed by atoms with Gasteiger partial charge in [-0.1, -0.05) is 12.1 Å². The molecule has 162 valence electrons. The Balaban J connectivity index is 1.93. The van der Waals surface area contributed by atoms with Crippen molar-refractivity contribution in [1.29, 1.82) is 0 Å². The van der Waals surface area contributed by atoms with Gasteiger partial charge in [-0.25, -0.2) is 4.99 Å². The van der Waals surface area contributed by atoms with Gasteiger partial charge < -0.3 is 19.3 Å². The zero-order chi connectivity index (χ0) is 22.4. The number of benzene rings is 2. The van der Waals surface area contributed by atoms with Crippen LogP contribution in [0.1, 0.15) is 15.9 Å². The second-order valence-electron chi connectivity index (χ2n) is 6.94. The van der Waals surface area contributed by atoms with Crippen LogP contribution < -0.4 is 9.64 Å². The van der Waals surface area contributed by atoms with E-state index in [-0.39, 0.29) is 5.91 Å². The van der Waals surface area contributed by atoms with E-state index in [0.29, 0.717) is 33.4 Å². The van der Waals surface area contributed by atoms with E-state index in [9.17, 15) is 4.79 Å². The molecular weight excluding hydrogens is 526 g/mol. The normalized spacial score (nSPS) is 16.7. The van der Waals surface area contributed by atoms with Crippen molar-refractivity contribution in [1.82, 2.24) is 4.90 Å². The average molecular weight is 549 g/mol. The highest BCUT2D eigenvalue weighted by molar-refractivity contribution is 9.11. The third kappa shape index (κ3) is 5.77. The fourth-order valence-corrected chi connectivity index (χ4v) is 4.50. The van der Waals surface area contributed by atoms with Gasteiger partial charge in [0.15, 0.2) is 6.40 Å². The minimum Gasteiger partial charge on any atom is -0.494 e. The zero-order valence-corrected chi connectivity index (χ0v) is 20.7. The molecule has 0 saturated heterocycles. The lowest BCUT2D eigenvalue weighted by atomic mass is 10.1. The van der Waals surface area contributed by atoms with Crippen LogP contribution in [0.25, 0.3) is 5.57 Å². The number of carbonyl (C=O) groups excluding carboxylic acids is 1. The Bertz CT molecular complexity index is 1030. The number of aliphatic imine (C=N–C) groups is 1. The van der Waals surface area contributed by atoms with E-state index in [4.69, 9.17) is 9.47 Å². The molecular formula is C23H23Br2N3O3. The predicted molar refractivity (Wildman–Crippen MR) is 132 cm³/mol. The van der Waals surface area contributed by atoms with Crippen LogP contribution in [-0.2, 0) is 4.74 Å². The van der Waals surface area contributed by atoms with Crippen molar-refractivity contribution in [3.63, 3.8) is 0 Å². The summed E-state index contributed by atoms with van der Waals surface area (Å²) in [5.74, 6) is 0.487. The quantitative estimate of drug-likeness (QED) is 0.517. The molecule has 0 fully saturated rings.